The fourth-order valence-corrected chi connectivity index (χ4v) is 1.65. The summed E-state index contributed by atoms with van der Waals surface area (Å²) in [5, 5.41) is 22.4. The summed E-state index contributed by atoms with van der Waals surface area (Å²) in [4.78, 5) is 0. The van der Waals surface area contributed by atoms with Crippen molar-refractivity contribution in [2.75, 3.05) is 20.8 Å². The third-order valence-electron chi connectivity index (χ3n) is 2.37. The SMILES string of the molecule is CN[C@H]1C(O)[C@@H](OC)OCC1(C)O. The maximum absolute atomic E-state index is 9.81. The molecular weight excluding hydrogens is 174 g/mol. The Morgan fingerprint density at radius 2 is 2.23 bits per heavy atom. The van der Waals surface area contributed by atoms with Gasteiger partial charge in [-0.05, 0) is 14.0 Å². The van der Waals surface area contributed by atoms with E-state index in [1.807, 2.05) is 0 Å². The van der Waals surface area contributed by atoms with Gasteiger partial charge in [0.2, 0.25) is 0 Å². The molecule has 3 N–H and O–H groups in total. The molecule has 1 rings (SSSR count). The molecule has 1 aliphatic rings. The topological polar surface area (TPSA) is 71.0 Å². The van der Waals surface area contributed by atoms with Crippen LogP contribution in [0.1, 0.15) is 6.92 Å². The Labute approximate surface area is 77.7 Å². The second kappa shape index (κ2) is 3.89. The van der Waals surface area contributed by atoms with E-state index in [2.05, 4.69) is 5.32 Å². The van der Waals surface area contributed by atoms with Crippen LogP contribution in [0.4, 0.5) is 0 Å². The smallest absolute Gasteiger partial charge is 0.184 e. The van der Waals surface area contributed by atoms with Crippen LogP contribution >= 0.6 is 0 Å². The molecular formula is C8H17NO4. The number of methoxy groups -OCH3 is 1. The maximum Gasteiger partial charge on any atom is 0.184 e. The third-order valence-corrected chi connectivity index (χ3v) is 2.37. The molecule has 1 aliphatic heterocycles. The van der Waals surface area contributed by atoms with Crippen LogP contribution in [-0.4, -0.2) is 55.0 Å². The molecule has 13 heavy (non-hydrogen) atoms. The van der Waals surface area contributed by atoms with Crippen LogP contribution in [0.3, 0.4) is 0 Å². The molecule has 0 aliphatic carbocycles. The number of ether oxygens (including phenoxy) is 2. The molecule has 78 valence electrons. The first-order valence-electron chi connectivity index (χ1n) is 4.25. The van der Waals surface area contributed by atoms with E-state index in [0.29, 0.717) is 0 Å². The predicted octanol–water partition coefficient (Wildman–Crippen LogP) is -1.31. The van der Waals surface area contributed by atoms with Crippen LogP contribution in [0.5, 0.6) is 0 Å². The fraction of sp³-hybridized carbons (Fsp3) is 1.00. The molecule has 5 nitrogen and oxygen atoms in total. The van der Waals surface area contributed by atoms with Crippen LogP contribution in [-0.2, 0) is 9.47 Å². The summed E-state index contributed by atoms with van der Waals surface area (Å²) < 4.78 is 10.0. The van der Waals surface area contributed by atoms with Gasteiger partial charge in [-0.2, -0.15) is 0 Å². The van der Waals surface area contributed by atoms with Crippen LogP contribution in [0.2, 0.25) is 0 Å². The standard InChI is InChI=1S/C8H17NO4/c1-8(11)4-13-7(12-3)5(10)6(8)9-2/h5-7,9-11H,4H2,1-3H3/t5?,6-,7-,8?/m0/s1. The van der Waals surface area contributed by atoms with E-state index in [9.17, 15) is 10.2 Å². The van der Waals surface area contributed by atoms with Gasteiger partial charge in [-0.1, -0.05) is 0 Å². The number of likely N-dealkylation sites (N-methyl/N-ethyl adjacent to an activating group) is 1. The normalized spacial score (nSPS) is 46.4. The van der Waals surface area contributed by atoms with Gasteiger partial charge in [0, 0.05) is 7.11 Å². The maximum atomic E-state index is 9.81. The molecule has 2 unspecified atom stereocenters. The monoisotopic (exact) mass is 191 g/mol. The van der Waals surface area contributed by atoms with Crippen molar-refractivity contribution in [1.82, 2.24) is 5.32 Å². The Morgan fingerprint density at radius 1 is 1.62 bits per heavy atom. The predicted molar refractivity (Wildman–Crippen MR) is 46.2 cm³/mol. The van der Waals surface area contributed by atoms with Gasteiger partial charge in [0.1, 0.15) is 11.7 Å². The molecule has 0 radical (unpaired) electrons. The molecule has 0 spiro atoms. The molecule has 1 heterocycles. The van der Waals surface area contributed by atoms with E-state index in [1.165, 1.54) is 7.11 Å². The van der Waals surface area contributed by atoms with Crippen molar-refractivity contribution in [2.24, 2.45) is 0 Å². The number of aliphatic hydroxyl groups is 2. The first kappa shape index (κ1) is 10.9. The Kier molecular flexibility index (Phi) is 3.26. The molecule has 0 bridgehead atoms. The summed E-state index contributed by atoms with van der Waals surface area (Å²) in [5.41, 5.74) is -1.07. The zero-order chi connectivity index (χ0) is 10.1. The molecule has 0 aromatic heterocycles. The minimum atomic E-state index is -1.07. The van der Waals surface area contributed by atoms with Crippen molar-refractivity contribution in [3.63, 3.8) is 0 Å². The zero-order valence-electron chi connectivity index (χ0n) is 8.15. The second-order valence-corrected chi connectivity index (χ2v) is 3.53. The minimum absolute atomic E-state index is 0.147. The Hall–Kier alpha value is -0.200. The molecule has 0 aromatic carbocycles. The van der Waals surface area contributed by atoms with Gasteiger partial charge in [0.15, 0.2) is 6.29 Å². The average Bonchev–Trinajstić information content (AvgIpc) is 2.04. The highest BCUT2D eigenvalue weighted by Crippen LogP contribution is 2.23. The molecule has 1 saturated heterocycles. The zero-order valence-corrected chi connectivity index (χ0v) is 8.15. The summed E-state index contributed by atoms with van der Waals surface area (Å²) in [6, 6.07) is -0.439. The van der Waals surface area contributed by atoms with Gasteiger partial charge in [0.25, 0.3) is 0 Å². The summed E-state index contributed by atoms with van der Waals surface area (Å²) in [6.45, 7) is 1.76. The van der Waals surface area contributed by atoms with Crippen LogP contribution < -0.4 is 5.32 Å². The molecule has 1 fully saturated rings. The van der Waals surface area contributed by atoms with E-state index < -0.39 is 24.0 Å². The van der Waals surface area contributed by atoms with Crippen molar-refractivity contribution in [3.05, 3.63) is 0 Å². The van der Waals surface area contributed by atoms with Crippen LogP contribution in [0.15, 0.2) is 0 Å². The van der Waals surface area contributed by atoms with Crippen molar-refractivity contribution in [1.29, 1.82) is 0 Å². The van der Waals surface area contributed by atoms with Crippen LogP contribution in [0.25, 0.3) is 0 Å². The second-order valence-electron chi connectivity index (χ2n) is 3.53. The molecule has 5 heteroatoms. The van der Waals surface area contributed by atoms with Crippen molar-refractivity contribution in [3.8, 4) is 0 Å². The number of nitrogens with one attached hydrogen (secondary N) is 1. The summed E-state index contributed by atoms with van der Waals surface area (Å²) in [6.07, 6.45) is -1.53. The van der Waals surface area contributed by atoms with Gasteiger partial charge in [-0.25, -0.2) is 0 Å². The first-order chi connectivity index (χ1) is 6.03. The van der Waals surface area contributed by atoms with Crippen molar-refractivity contribution in [2.45, 2.75) is 31.0 Å². The molecule has 0 aromatic rings. The quantitative estimate of drug-likeness (QED) is 0.505. The van der Waals surface area contributed by atoms with E-state index in [-0.39, 0.29) is 6.61 Å². The van der Waals surface area contributed by atoms with Gasteiger partial charge < -0.3 is 25.0 Å². The Morgan fingerprint density at radius 3 is 2.69 bits per heavy atom. The van der Waals surface area contributed by atoms with Crippen molar-refractivity contribution >= 4 is 0 Å². The number of rotatable bonds is 2. The third kappa shape index (κ3) is 2.00. The fourth-order valence-electron chi connectivity index (χ4n) is 1.65. The van der Waals surface area contributed by atoms with E-state index in [1.54, 1.807) is 14.0 Å². The number of hydrogen-bond acceptors (Lipinski definition) is 5. The lowest BCUT2D eigenvalue weighted by Gasteiger charge is -2.43. The summed E-state index contributed by atoms with van der Waals surface area (Å²) in [5.74, 6) is 0. The molecule has 4 atom stereocenters. The summed E-state index contributed by atoms with van der Waals surface area (Å²) in [7, 11) is 3.14. The van der Waals surface area contributed by atoms with Crippen molar-refractivity contribution < 1.29 is 19.7 Å². The minimum Gasteiger partial charge on any atom is -0.386 e. The Bertz CT molecular complexity index is 174. The first-order valence-corrected chi connectivity index (χ1v) is 4.25. The summed E-state index contributed by atoms with van der Waals surface area (Å²) >= 11 is 0. The van der Waals surface area contributed by atoms with Gasteiger partial charge in [0.05, 0.1) is 12.6 Å². The van der Waals surface area contributed by atoms with E-state index >= 15 is 0 Å². The highest BCUT2D eigenvalue weighted by molar-refractivity contribution is 4.96. The highest BCUT2D eigenvalue weighted by atomic mass is 16.7. The lowest BCUT2D eigenvalue weighted by molar-refractivity contribution is -0.258. The van der Waals surface area contributed by atoms with Gasteiger partial charge in [-0.3, -0.25) is 0 Å². The number of aliphatic hydroxyl groups excluding tert-OH is 1. The van der Waals surface area contributed by atoms with Gasteiger partial charge in [-0.15, -0.1) is 0 Å². The van der Waals surface area contributed by atoms with E-state index in [0.717, 1.165) is 0 Å². The lowest BCUT2D eigenvalue weighted by atomic mass is 9.90. The van der Waals surface area contributed by atoms with Gasteiger partial charge >= 0.3 is 0 Å². The van der Waals surface area contributed by atoms with Crippen LogP contribution in [0, 0.1) is 0 Å². The average molecular weight is 191 g/mol. The largest absolute Gasteiger partial charge is 0.386 e. The highest BCUT2D eigenvalue weighted by Gasteiger charge is 2.45. The van der Waals surface area contributed by atoms with E-state index in [4.69, 9.17) is 9.47 Å². The lowest BCUT2D eigenvalue weighted by Crippen LogP contribution is -2.64. The Balaban J connectivity index is 2.72. The number of hydrogen-bond donors (Lipinski definition) is 3. The molecule has 0 saturated carbocycles. The molecule has 0 amide bonds.